The van der Waals surface area contributed by atoms with Crippen LogP contribution in [0.3, 0.4) is 0 Å². The second-order valence-corrected chi connectivity index (χ2v) is 7.08. The van der Waals surface area contributed by atoms with Gasteiger partial charge in [-0.1, -0.05) is 54.6 Å². The number of aliphatic imine (C=N–C) groups is 1. The maximum absolute atomic E-state index is 12.2. The van der Waals surface area contributed by atoms with Crippen LogP contribution in [0.5, 0.6) is 0 Å². The monoisotopic (exact) mass is 445 g/mol. The summed E-state index contributed by atoms with van der Waals surface area (Å²) in [6, 6.07) is 17.1. The van der Waals surface area contributed by atoms with Gasteiger partial charge >= 0.3 is 6.18 Å². The van der Waals surface area contributed by atoms with Gasteiger partial charge in [0.05, 0.1) is 31.6 Å². The third-order valence-corrected chi connectivity index (χ3v) is 4.46. The summed E-state index contributed by atoms with van der Waals surface area (Å²) in [6.45, 7) is 2.25. The summed E-state index contributed by atoms with van der Waals surface area (Å²) in [7, 11) is 0. The van der Waals surface area contributed by atoms with Crippen molar-refractivity contribution in [3.05, 3.63) is 77.7 Å². The van der Waals surface area contributed by atoms with Crippen molar-refractivity contribution < 1.29 is 17.9 Å². The molecule has 0 unspecified atom stereocenters. The van der Waals surface area contributed by atoms with E-state index in [1.807, 2.05) is 49.4 Å². The van der Waals surface area contributed by atoms with Crippen LogP contribution in [-0.4, -0.2) is 35.3 Å². The Kier molecular flexibility index (Phi) is 8.27. The largest absolute Gasteiger partial charge is 0.411 e. The van der Waals surface area contributed by atoms with Gasteiger partial charge in [0.15, 0.2) is 5.96 Å². The second kappa shape index (κ2) is 11.3. The quantitative estimate of drug-likeness (QED) is 0.337. The van der Waals surface area contributed by atoms with Gasteiger partial charge < -0.3 is 20.4 Å². The Labute approximate surface area is 184 Å². The van der Waals surface area contributed by atoms with Crippen LogP contribution >= 0.6 is 0 Å². The third kappa shape index (κ3) is 7.73. The molecule has 3 N–H and O–H groups in total. The molecular weight excluding hydrogens is 419 g/mol. The molecule has 1 aromatic heterocycles. The molecule has 9 heteroatoms. The van der Waals surface area contributed by atoms with Crippen LogP contribution in [-0.2, 0) is 24.4 Å². The summed E-state index contributed by atoms with van der Waals surface area (Å²) in [5.41, 5.74) is 3.63. The lowest BCUT2D eigenvalue weighted by Crippen LogP contribution is -2.37. The molecule has 0 fully saturated rings. The van der Waals surface area contributed by atoms with Crippen molar-refractivity contribution in [2.24, 2.45) is 4.99 Å². The Hall–Kier alpha value is -3.33. The summed E-state index contributed by atoms with van der Waals surface area (Å²) < 4.78 is 41.1. The average molecular weight is 445 g/mol. The van der Waals surface area contributed by atoms with E-state index in [1.54, 1.807) is 18.3 Å². The SMILES string of the molecule is CCNC(=NCc1ccc(COCC(F)(F)F)cc1)NCc1ncc(-c2ccccc2)[nH]1. The van der Waals surface area contributed by atoms with Crippen molar-refractivity contribution in [1.82, 2.24) is 20.6 Å². The molecule has 0 aliphatic carbocycles. The molecule has 0 aliphatic rings. The highest BCUT2D eigenvalue weighted by molar-refractivity contribution is 5.79. The van der Waals surface area contributed by atoms with Crippen molar-refractivity contribution in [3.8, 4) is 11.3 Å². The fourth-order valence-electron chi connectivity index (χ4n) is 2.92. The topological polar surface area (TPSA) is 74.3 Å². The van der Waals surface area contributed by atoms with Gasteiger partial charge in [0.1, 0.15) is 12.4 Å². The van der Waals surface area contributed by atoms with E-state index in [-0.39, 0.29) is 6.61 Å². The first kappa shape index (κ1) is 23.3. The first-order valence-corrected chi connectivity index (χ1v) is 10.3. The molecule has 0 aliphatic heterocycles. The molecule has 0 amide bonds. The number of ether oxygens (including phenoxy) is 1. The maximum atomic E-state index is 12.2. The van der Waals surface area contributed by atoms with Crippen LogP contribution in [0.1, 0.15) is 23.9 Å². The number of hydrogen-bond donors (Lipinski definition) is 3. The predicted molar refractivity (Wildman–Crippen MR) is 118 cm³/mol. The van der Waals surface area contributed by atoms with Gasteiger partial charge in [0.2, 0.25) is 0 Å². The first-order valence-electron chi connectivity index (χ1n) is 10.3. The number of nitrogens with zero attached hydrogens (tertiary/aromatic N) is 2. The number of aromatic amines is 1. The Morgan fingerprint density at radius 2 is 1.75 bits per heavy atom. The van der Waals surface area contributed by atoms with Gasteiger partial charge in [0.25, 0.3) is 0 Å². The highest BCUT2D eigenvalue weighted by atomic mass is 19.4. The van der Waals surface area contributed by atoms with E-state index in [9.17, 15) is 13.2 Å². The predicted octanol–water partition coefficient (Wildman–Crippen LogP) is 4.41. The number of hydrogen-bond acceptors (Lipinski definition) is 3. The Balaban J connectivity index is 1.52. The zero-order valence-electron chi connectivity index (χ0n) is 17.7. The molecule has 6 nitrogen and oxygen atoms in total. The Morgan fingerprint density at radius 3 is 2.44 bits per heavy atom. The molecule has 2 aromatic carbocycles. The van der Waals surface area contributed by atoms with E-state index in [0.29, 0.717) is 31.2 Å². The second-order valence-electron chi connectivity index (χ2n) is 7.08. The zero-order chi connectivity index (χ0) is 22.8. The number of guanidine groups is 1. The molecule has 170 valence electrons. The average Bonchev–Trinajstić information content (AvgIpc) is 3.25. The number of alkyl halides is 3. The zero-order valence-corrected chi connectivity index (χ0v) is 17.7. The van der Waals surface area contributed by atoms with Crippen LogP contribution in [0.25, 0.3) is 11.3 Å². The van der Waals surface area contributed by atoms with Crippen molar-refractivity contribution in [3.63, 3.8) is 0 Å². The Morgan fingerprint density at radius 1 is 1.03 bits per heavy atom. The molecule has 0 saturated heterocycles. The molecule has 0 spiro atoms. The number of nitrogens with one attached hydrogen (secondary N) is 3. The van der Waals surface area contributed by atoms with E-state index in [1.165, 1.54) is 0 Å². The van der Waals surface area contributed by atoms with Crippen molar-refractivity contribution in [2.75, 3.05) is 13.2 Å². The molecule has 0 radical (unpaired) electrons. The number of rotatable bonds is 9. The molecule has 3 aromatic rings. The van der Waals surface area contributed by atoms with Gasteiger partial charge in [-0.3, -0.25) is 0 Å². The number of H-pyrrole nitrogens is 1. The van der Waals surface area contributed by atoms with Gasteiger partial charge in [-0.25, -0.2) is 9.98 Å². The van der Waals surface area contributed by atoms with Crippen LogP contribution in [0, 0.1) is 0 Å². The highest BCUT2D eigenvalue weighted by Crippen LogP contribution is 2.17. The van der Waals surface area contributed by atoms with Crippen molar-refractivity contribution in [2.45, 2.75) is 32.8 Å². The van der Waals surface area contributed by atoms with E-state index in [4.69, 9.17) is 0 Å². The highest BCUT2D eigenvalue weighted by Gasteiger charge is 2.27. The molecule has 32 heavy (non-hydrogen) atoms. The van der Waals surface area contributed by atoms with Crippen LogP contribution in [0.15, 0.2) is 65.8 Å². The fourth-order valence-corrected chi connectivity index (χ4v) is 2.92. The van der Waals surface area contributed by atoms with Gasteiger partial charge in [0, 0.05) is 6.54 Å². The number of benzene rings is 2. The van der Waals surface area contributed by atoms with E-state index >= 15 is 0 Å². The first-order chi connectivity index (χ1) is 15.4. The van der Waals surface area contributed by atoms with Crippen LogP contribution < -0.4 is 10.6 Å². The van der Waals surface area contributed by atoms with Gasteiger partial charge in [-0.05, 0) is 23.6 Å². The lowest BCUT2D eigenvalue weighted by molar-refractivity contribution is -0.176. The lowest BCUT2D eigenvalue weighted by atomic mass is 10.1. The van der Waals surface area contributed by atoms with E-state index in [2.05, 4.69) is 30.3 Å². The van der Waals surface area contributed by atoms with Crippen molar-refractivity contribution >= 4 is 5.96 Å². The van der Waals surface area contributed by atoms with E-state index < -0.39 is 12.8 Å². The summed E-state index contributed by atoms with van der Waals surface area (Å²) in [6.07, 6.45) is -2.51. The molecule has 1 heterocycles. The Bertz CT molecular complexity index is 985. The van der Waals surface area contributed by atoms with Crippen LogP contribution in [0.4, 0.5) is 13.2 Å². The smallest absolute Gasteiger partial charge is 0.367 e. The number of halogens is 3. The minimum atomic E-state index is -4.32. The standard InChI is InChI=1S/C23H26F3N5O/c1-2-27-22(30-14-21-28-13-20(31-21)19-6-4-3-5-7-19)29-12-17-8-10-18(11-9-17)15-32-16-23(24,25)26/h3-11,13H,2,12,14-16H2,1H3,(H,28,31)(H2,27,29,30). The summed E-state index contributed by atoms with van der Waals surface area (Å²) in [5, 5.41) is 6.43. The third-order valence-electron chi connectivity index (χ3n) is 4.46. The van der Waals surface area contributed by atoms with Gasteiger partial charge in [-0.15, -0.1) is 0 Å². The minimum Gasteiger partial charge on any atom is -0.367 e. The number of imidazole rings is 1. The molecule has 0 atom stereocenters. The number of aromatic nitrogens is 2. The molecule has 0 saturated carbocycles. The van der Waals surface area contributed by atoms with Crippen molar-refractivity contribution in [1.29, 1.82) is 0 Å². The van der Waals surface area contributed by atoms with Crippen LogP contribution in [0.2, 0.25) is 0 Å². The normalized spacial score (nSPS) is 12.1. The summed E-state index contributed by atoms with van der Waals surface area (Å²) in [5.74, 6) is 1.43. The molecule has 0 bridgehead atoms. The fraction of sp³-hybridized carbons (Fsp3) is 0.304. The van der Waals surface area contributed by atoms with Gasteiger partial charge in [-0.2, -0.15) is 13.2 Å². The maximum Gasteiger partial charge on any atom is 0.411 e. The molecule has 3 rings (SSSR count). The summed E-state index contributed by atoms with van der Waals surface area (Å²) >= 11 is 0. The summed E-state index contributed by atoms with van der Waals surface area (Å²) in [4.78, 5) is 12.3. The minimum absolute atomic E-state index is 0.0820. The van der Waals surface area contributed by atoms with E-state index in [0.717, 1.165) is 22.6 Å². The molecular formula is C23H26F3N5O. The lowest BCUT2D eigenvalue weighted by Gasteiger charge is -2.10.